The predicted molar refractivity (Wildman–Crippen MR) is 95.0 cm³/mol. The minimum atomic E-state index is -0.0751. The fraction of sp³-hybridized carbons (Fsp3) is 0.600. The summed E-state index contributed by atoms with van der Waals surface area (Å²) in [6.07, 6.45) is 5.71. The minimum absolute atomic E-state index is 0.0751. The number of hydrogen-bond acceptors (Lipinski definition) is 6. The summed E-state index contributed by atoms with van der Waals surface area (Å²) in [4.78, 5) is 8.47. The lowest BCUT2D eigenvalue weighted by Gasteiger charge is -2.36. The average Bonchev–Trinajstić information content (AvgIpc) is 2.94. The quantitative estimate of drug-likeness (QED) is 0.705. The molecule has 0 spiro atoms. The molecule has 2 aromatic heterocycles. The van der Waals surface area contributed by atoms with Crippen molar-refractivity contribution in [1.82, 2.24) is 19.9 Å². The molecule has 0 atom stereocenters. The molecular weight excluding hydrogens is 409 g/mol. The Morgan fingerprint density at radius 2 is 1.96 bits per heavy atom. The van der Waals surface area contributed by atoms with E-state index in [1.54, 1.807) is 0 Å². The molecule has 4 heterocycles. The predicted octanol–water partition coefficient (Wildman–Crippen LogP) is 1.53. The Kier molecular flexibility index (Phi) is 4.39. The van der Waals surface area contributed by atoms with Crippen LogP contribution in [0.25, 0.3) is 11.0 Å². The number of anilines is 1. The lowest BCUT2D eigenvalue weighted by Crippen LogP contribution is -2.42. The largest absolute Gasteiger partial charge is 0.383 e. The number of nitrogens with two attached hydrogens (primary N) is 1. The van der Waals surface area contributed by atoms with Gasteiger partial charge in [-0.25, -0.2) is 9.97 Å². The van der Waals surface area contributed by atoms with Crippen molar-refractivity contribution < 1.29 is 9.47 Å². The second kappa shape index (κ2) is 6.50. The van der Waals surface area contributed by atoms with Gasteiger partial charge in [-0.15, -0.1) is 0 Å². The first-order valence-electron chi connectivity index (χ1n) is 7.94. The number of nitrogen functional groups attached to an aromatic ring is 1. The molecule has 23 heavy (non-hydrogen) atoms. The van der Waals surface area contributed by atoms with E-state index < -0.39 is 0 Å². The summed E-state index contributed by atoms with van der Waals surface area (Å²) in [6, 6.07) is 0.119. The molecule has 2 fully saturated rings. The standard InChI is InChI=1S/C15H20IN5O2/c16-11-5-21(14-12(11)13(17)19-8-20-14)10-6-22-15(23-7-10)9-1-3-18-4-2-9/h5,8-10,15,18H,1-4,6-7H2,(H2,17,19,20). The number of ether oxygens (including phenoxy) is 2. The Balaban J connectivity index is 1.51. The van der Waals surface area contributed by atoms with Gasteiger partial charge in [0.1, 0.15) is 17.8 Å². The van der Waals surface area contributed by atoms with Gasteiger partial charge in [0.25, 0.3) is 0 Å². The van der Waals surface area contributed by atoms with E-state index in [-0.39, 0.29) is 12.3 Å². The summed E-state index contributed by atoms with van der Waals surface area (Å²) in [5.41, 5.74) is 6.83. The van der Waals surface area contributed by atoms with Crippen molar-refractivity contribution in [2.45, 2.75) is 25.2 Å². The van der Waals surface area contributed by atoms with Crippen molar-refractivity contribution in [2.24, 2.45) is 5.92 Å². The number of halogens is 1. The summed E-state index contributed by atoms with van der Waals surface area (Å²) >= 11 is 2.27. The van der Waals surface area contributed by atoms with Gasteiger partial charge in [0.15, 0.2) is 6.29 Å². The molecule has 2 aromatic rings. The number of piperidine rings is 1. The number of aromatic nitrogens is 3. The van der Waals surface area contributed by atoms with E-state index in [2.05, 4.69) is 48.6 Å². The van der Waals surface area contributed by atoms with Crippen molar-refractivity contribution in [2.75, 3.05) is 32.0 Å². The molecular formula is C15H20IN5O2. The third-order valence-electron chi connectivity index (χ3n) is 4.66. The summed E-state index contributed by atoms with van der Waals surface area (Å²) in [5.74, 6) is 1.01. The fourth-order valence-electron chi connectivity index (χ4n) is 3.40. The zero-order valence-corrected chi connectivity index (χ0v) is 14.9. The Labute approximate surface area is 148 Å². The van der Waals surface area contributed by atoms with Crippen molar-refractivity contribution in [3.8, 4) is 0 Å². The Morgan fingerprint density at radius 3 is 2.70 bits per heavy atom. The summed E-state index contributed by atoms with van der Waals surface area (Å²) in [7, 11) is 0. The fourth-order valence-corrected chi connectivity index (χ4v) is 4.22. The average molecular weight is 429 g/mol. The van der Waals surface area contributed by atoms with E-state index in [1.807, 2.05) is 0 Å². The normalized spacial score (nSPS) is 26.7. The molecule has 124 valence electrons. The second-order valence-electron chi connectivity index (χ2n) is 6.12. The van der Waals surface area contributed by atoms with Crippen LogP contribution in [0.2, 0.25) is 0 Å². The van der Waals surface area contributed by atoms with Gasteiger partial charge in [-0.05, 0) is 48.5 Å². The molecule has 0 saturated carbocycles. The molecule has 3 N–H and O–H groups in total. The van der Waals surface area contributed by atoms with Gasteiger partial charge < -0.3 is 25.1 Å². The van der Waals surface area contributed by atoms with Crippen LogP contribution < -0.4 is 11.1 Å². The highest BCUT2D eigenvalue weighted by Gasteiger charge is 2.31. The third kappa shape index (κ3) is 2.92. The van der Waals surface area contributed by atoms with Gasteiger partial charge in [-0.1, -0.05) is 0 Å². The van der Waals surface area contributed by atoms with E-state index >= 15 is 0 Å². The lowest BCUT2D eigenvalue weighted by molar-refractivity contribution is -0.223. The molecule has 0 unspecified atom stereocenters. The number of rotatable bonds is 2. The van der Waals surface area contributed by atoms with E-state index in [0.717, 1.165) is 40.5 Å². The number of nitrogens with zero attached hydrogens (tertiary/aromatic N) is 3. The van der Waals surface area contributed by atoms with Gasteiger partial charge in [0.2, 0.25) is 0 Å². The number of fused-ring (bicyclic) bond motifs is 1. The Bertz CT molecular complexity index is 692. The molecule has 2 saturated heterocycles. The zero-order chi connectivity index (χ0) is 15.8. The van der Waals surface area contributed by atoms with Gasteiger partial charge >= 0.3 is 0 Å². The summed E-state index contributed by atoms with van der Waals surface area (Å²) in [5, 5.41) is 4.29. The Morgan fingerprint density at radius 1 is 1.22 bits per heavy atom. The van der Waals surface area contributed by atoms with Crippen LogP contribution in [0.4, 0.5) is 5.82 Å². The monoisotopic (exact) mass is 429 g/mol. The van der Waals surface area contributed by atoms with Crippen LogP contribution in [-0.4, -0.2) is 47.1 Å². The van der Waals surface area contributed by atoms with Gasteiger partial charge in [-0.2, -0.15) is 0 Å². The van der Waals surface area contributed by atoms with E-state index in [4.69, 9.17) is 15.2 Å². The molecule has 8 heteroatoms. The maximum atomic E-state index is 6.02. The van der Waals surface area contributed by atoms with Gasteiger partial charge in [0.05, 0.1) is 24.6 Å². The van der Waals surface area contributed by atoms with Crippen LogP contribution in [-0.2, 0) is 9.47 Å². The molecule has 2 aliphatic rings. The molecule has 0 aliphatic carbocycles. The maximum absolute atomic E-state index is 6.02. The smallest absolute Gasteiger partial charge is 0.160 e. The van der Waals surface area contributed by atoms with Gasteiger partial charge in [0, 0.05) is 15.7 Å². The molecule has 0 amide bonds. The van der Waals surface area contributed by atoms with Crippen LogP contribution >= 0.6 is 22.6 Å². The lowest BCUT2D eigenvalue weighted by atomic mass is 9.97. The van der Waals surface area contributed by atoms with Crippen LogP contribution in [0, 0.1) is 9.49 Å². The highest BCUT2D eigenvalue weighted by Crippen LogP contribution is 2.31. The Hall–Kier alpha value is -0.970. The third-order valence-corrected chi connectivity index (χ3v) is 5.48. The van der Waals surface area contributed by atoms with Crippen LogP contribution in [0.1, 0.15) is 18.9 Å². The minimum Gasteiger partial charge on any atom is -0.383 e. The van der Waals surface area contributed by atoms with E-state index in [0.29, 0.717) is 24.9 Å². The first-order valence-corrected chi connectivity index (χ1v) is 9.02. The SMILES string of the molecule is Nc1ncnc2c1c(I)cn2C1COC(C2CCNCC2)OC1. The van der Waals surface area contributed by atoms with Gasteiger partial charge in [-0.3, -0.25) is 0 Å². The highest BCUT2D eigenvalue weighted by atomic mass is 127. The van der Waals surface area contributed by atoms with Crippen LogP contribution in [0.3, 0.4) is 0 Å². The van der Waals surface area contributed by atoms with Crippen molar-refractivity contribution >= 4 is 39.4 Å². The van der Waals surface area contributed by atoms with E-state index in [9.17, 15) is 0 Å². The maximum Gasteiger partial charge on any atom is 0.160 e. The van der Waals surface area contributed by atoms with Crippen molar-refractivity contribution in [3.05, 3.63) is 16.1 Å². The molecule has 4 rings (SSSR count). The van der Waals surface area contributed by atoms with E-state index in [1.165, 1.54) is 6.33 Å². The molecule has 0 aromatic carbocycles. The number of hydrogen-bond donors (Lipinski definition) is 2. The first kappa shape index (κ1) is 15.6. The molecule has 2 aliphatic heterocycles. The zero-order valence-electron chi connectivity index (χ0n) is 12.7. The van der Waals surface area contributed by atoms with Crippen molar-refractivity contribution in [1.29, 1.82) is 0 Å². The summed E-state index contributed by atoms with van der Waals surface area (Å²) < 4.78 is 15.2. The van der Waals surface area contributed by atoms with Crippen molar-refractivity contribution in [3.63, 3.8) is 0 Å². The molecule has 7 nitrogen and oxygen atoms in total. The molecule has 0 radical (unpaired) electrons. The molecule has 0 bridgehead atoms. The second-order valence-corrected chi connectivity index (χ2v) is 7.28. The number of nitrogens with one attached hydrogen (secondary N) is 1. The summed E-state index contributed by atoms with van der Waals surface area (Å²) in [6.45, 7) is 3.37. The highest BCUT2D eigenvalue weighted by molar-refractivity contribution is 14.1. The van der Waals surface area contributed by atoms with Crippen LogP contribution in [0.15, 0.2) is 12.5 Å². The van der Waals surface area contributed by atoms with Crippen LogP contribution in [0.5, 0.6) is 0 Å². The topological polar surface area (TPSA) is 87.2 Å². The first-order chi connectivity index (χ1) is 11.2.